The summed E-state index contributed by atoms with van der Waals surface area (Å²) in [7, 11) is 6.32. The van der Waals surface area contributed by atoms with E-state index in [0.717, 1.165) is 11.1 Å². The Balaban J connectivity index is 2.56. The van der Waals surface area contributed by atoms with Crippen molar-refractivity contribution in [3.63, 3.8) is 0 Å². The Morgan fingerprint density at radius 3 is 2.37 bits per heavy atom. The van der Waals surface area contributed by atoms with Crippen molar-refractivity contribution in [2.45, 2.75) is 18.9 Å². The number of carbonyl (C=O) groups excluding carboxylic acids is 1. The minimum absolute atomic E-state index is 0.0988. The minimum Gasteiger partial charge on any atom is -0.497 e. The number of hydrogen-bond donors (Lipinski definition) is 0. The topological polar surface area (TPSA) is 54.0 Å². The highest BCUT2D eigenvalue weighted by molar-refractivity contribution is 6.06. The first kappa shape index (κ1) is 20.5. The fourth-order valence-electron chi connectivity index (χ4n) is 3.16. The maximum absolute atomic E-state index is 12.3. The molecule has 0 saturated carbocycles. The van der Waals surface area contributed by atoms with Crippen LogP contribution in [0.5, 0.6) is 11.5 Å². The molecule has 0 saturated heterocycles. The molecule has 0 heterocycles. The zero-order chi connectivity index (χ0) is 20.0. The Hall–Kier alpha value is -2.79. The van der Waals surface area contributed by atoms with E-state index in [1.165, 1.54) is 13.2 Å². The molecule has 5 heteroatoms. The molecule has 1 aromatic carbocycles. The first-order chi connectivity index (χ1) is 12.9. The number of methoxy groups -OCH3 is 4. The summed E-state index contributed by atoms with van der Waals surface area (Å²) >= 11 is 0. The average Bonchev–Trinajstić information content (AvgIpc) is 2.69. The third-order valence-electron chi connectivity index (χ3n) is 4.60. The van der Waals surface area contributed by atoms with Crippen molar-refractivity contribution in [1.29, 1.82) is 0 Å². The van der Waals surface area contributed by atoms with Gasteiger partial charge in [0.05, 0.1) is 21.3 Å². The first-order valence-corrected chi connectivity index (χ1v) is 8.54. The van der Waals surface area contributed by atoms with Gasteiger partial charge in [-0.15, -0.1) is 6.58 Å². The van der Waals surface area contributed by atoms with Crippen LogP contribution in [-0.4, -0.2) is 39.8 Å². The molecule has 1 aliphatic rings. The van der Waals surface area contributed by atoms with Crippen LogP contribution in [0.25, 0.3) is 6.08 Å². The molecular weight excluding hydrogens is 344 g/mol. The van der Waals surface area contributed by atoms with E-state index in [2.05, 4.69) is 6.58 Å². The van der Waals surface area contributed by atoms with Gasteiger partial charge in [0.15, 0.2) is 22.9 Å². The Morgan fingerprint density at radius 1 is 1.11 bits per heavy atom. The Kier molecular flexibility index (Phi) is 6.64. The molecule has 27 heavy (non-hydrogen) atoms. The number of carbonyl (C=O) groups is 1. The summed E-state index contributed by atoms with van der Waals surface area (Å²) in [5.74, 6) is 1.63. The molecule has 0 spiro atoms. The van der Waals surface area contributed by atoms with Crippen LogP contribution in [0, 0.1) is 0 Å². The van der Waals surface area contributed by atoms with Crippen molar-refractivity contribution in [3.05, 3.63) is 65.5 Å². The maximum atomic E-state index is 12.3. The normalized spacial score (nSPS) is 19.9. The molecule has 0 radical (unpaired) electrons. The van der Waals surface area contributed by atoms with Crippen molar-refractivity contribution >= 4 is 11.9 Å². The van der Waals surface area contributed by atoms with Gasteiger partial charge >= 0.3 is 0 Å². The van der Waals surface area contributed by atoms with Gasteiger partial charge in [0.2, 0.25) is 0 Å². The molecule has 0 N–H and O–H groups in total. The molecule has 1 aliphatic carbocycles. The summed E-state index contributed by atoms with van der Waals surface area (Å²) in [5.41, 5.74) is 1.42. The van der Waals surface area contributed by atoms with Crippen LogP contribution < -0.4 is 9.47 Å². The van der Waals surface area contributed by atoms with Gasteiger partial charge in [-0.1, -0.05) is 18.2 Å². The van der Waals surface area contributed by atoms with Gasteiger partial charge in [-0.2, -0.15) is 0 Å². The van der Waals surface area contributed by atoms with Gasteiger partial charge in [-0.05, 0) is 42.7 Å². The summed E-state index contributed by atoms with van der Waals surface area (Å²) in [5, 5.41) is 0. The van der Waals surface area contributed by atoms with Crippen LogP contribution >= 0.6 is 0 Å². The minimum atomic E-state index is -0.964. The Morgan fingerprint density at radius 2 is 1.81 bits per heavy atom. The molecule has 1 atom stereocenters. The molecule has 144 valence electrons. The molecule has 5 nitrogen and oxygen atoms in total. The first-order valence-electron chi connectivity index (χ1n) is 8.54. The number of ketones is 1. The molecule has 0 amide bonds. The number of benzene rings is 1. The lowest BCUT2D eigenvalue weighted by atomic mass is 9.82. The predicted molar refractivity (Wildman–Crippen MR) is 106 cm³/mol. The SMILES string of the molecule is C=CCC1=C[C@@](OC)(/C(C)=C\c2ccc(OC)c(OC)c2)C(OC)=CC1=O. The van der Waals surface area contributed by atoms with Crippen LogP contribution in [0.1, 0.15) is 18.9 Å². The monoisotopic (exact) mass is 370 g/mol. The van der Waals surface area contributed by atoms with Gasteiger partial charge in [0.25, 0.3) is 0 Å². The Labute approximate surface area is 160 Å². The van der Waals surface area contributed by atoms with Crippen LogP contribution in [0.2, 0.25) is 0 Å². The number of hydrogen-bond acceptors (Lipinski definition) is 5. The highest BCUT2D eigenvalue weighted by Gasteiger charge is 2.40. The molecule has 0 unspecified atom stereocenters. The highest BCUT2D eigenvalue weighted by Crippen LogP contribution is 2.38. The van der Waals surface area contributed by atoms with Crippen molar-refractivity contribution in [3.8, 4) is 11.5 Å². The zero-order valence-electron chi connectivity index (χ0n) is 16.5. The van der Waals surface area contributed by atoms with Gasteiger partial charge in [0.1, 0.15) is 5.76 Å². The summed E-state index contributed by atoms with van der Waals surface area (Å²) in [4.78, 5) is 12.3. The van der Waals surface area contributed by atoms with Crippen LogP contribution in [0.4, 0.5) is 0 Å². The highest BCUT2D eigenvalue weighted by atomic mass is 16.5. The molecule has 2 rings (SSSR count). The molecule has 1 aromatic rings. The smallest absolute Gasteiger partial charge is 0.185 e. The number of ether oxygens (including phenoxy) is 4. The van der Waals surface area contributed by atoms with Crippen molar-refractivity contribution in [2.75, 3.05) is 28.4 Å². The fourth-order valence-corrected chi connectivity index (χ4v) is 3.16. The maximum Gasteiger partial charge on any atom is 0.185 e. The number of allylic oxidation sites excluding steroid dienone is 3. The van der Waals surface area contributed by atoms with Crippen molar-refractivity contribution < 1.29 is 23.7 Å². The quantitative estimate of drug-likeness (QED) is 0.645. The fraction of sp³-hybridized carbons (Fsp3) is 0.318. The molecule has 0 aliphatic heterocycles. The van der Waals surface area contributed by atoms with Crippen molar-refractivity contribution in [2.24, 2.45) is 0 Å². The standard InChI is InChI=1S/C22H26O5/c1-7-8-17-14-22(27-6,21(26-5)13-18(17)23)15(2)11-16-9-10-19(24-3)20(12-16)25-4/h7,9-14H,1,8H2,2-6H3/b15-11-/t22-/m1/s1. The lowest BCUT2D eigenvalue weighted by molar-refractivity contribution is -0.112. The molecule has 0 fully saturated rings. The van der Waals surface area contributed by atoms with E-state index in [-0.39, 0.29) is 5.78 Å². The van der Waals surface area contributed by atoms with Crippen LogP contribution in [-0.2, 0) is 14.3 Å². The van der Waals surface area contributed by atoms with E-state index in [9.17, 15) is 4.79 Å². The van der Waals surface area contributed by atoms with Gasteiger partial charge in [0, 0.05) is 18.8 Å². The van der Waals surface area contributed by atoms with Crippen molar-refractivity contribution in [1.82, 2.24) is 0 Å². The summed E-state index contributed by atoms with van der Waals surface area (Å²) in [6.45, 7) is 5.66. The van der Waals surface area contributed by atoms with Crippen LogP contribution in [0.15, 0.2) is 59.9 Å². The summed E-state index contributed by atoms with van der Waals surface area (Å²) in [6, 6.07) is 5.64. The van der Waals surface area contributed by atoms with E-state index in [1.54, 1.807) is 27.4 Å². The Bertz CT molecular complexity index is 816. The molecular formula is C22H26O5. The molecule has 0 bridgehead atoms. The summed E-state index contributed by atoms with van der Waals surface area (Å²) < 4.78 is 22.0. The van der Waals surface area contributed by atoms with E-state index in [4.69, 9.17) is 18.9 Å². The van der Waals surface area contributed by atoms with E-state index >= 15 is 0 Å². The summed E-state index contributed by atoms with van der Waals surface area (Å²) in [6.07, 6.45) is 7.41. The van der Waals surface area contributed by atoms with Gasteiger partial charge in [-0.3, -0.25) is 4.79 Å². The third kappa shape index (κ3) is 3.98. The predicted octanol–water partition coefficient (Wildman–Crippen LogP) is 4.11. The average molecular weight is 370 g/mol. The van der Waals surface area contributed by atoms with E-state index in [0.29, 0.717) is 29.3 Å². The van der Waals surface area contributed by atoms with E-state index < -0.39 is 5.60 Å². The lowest BCUT2D eigenvalue weighted by Crippen LogP contribution is -2.37. The molecule has 0 aromatic heterocycles. The second-order valence-electron chi connectivity index (χ2n) is 6.12. The van der Waals surface area contributed by atoms with Crippen LogP contribution in [0.3, 0.4) is 0 Å². The largest absolute Gasteiger partial charge is 0.497 e. The van der Waals surface area contributed by atoms with E-state index in [1.807, 2.05) is 37.3 Å². The second-order valence-corrected chi connectivity index (χ2v) is 6.12. The zero-order valence-corrected chi connectivity index (χ0v) is 16.5. The lowest BCUT2D eigenvalue weighted by Gasteiger charge is -2.35. The van der Waals surface area contributed by atoms with Gasteiger partial charge in [-0.25, -0.2) is 0 Å². The third-order valence-corrected chi connectivity index (χ3v) is 4.60. The number of rotatable bonds is 8. The van der Waals surface area contributed by atoms with Gasteiger partial charge < -0.3 is 18.9 Å². The second kappa shape index (κ2) is 8.73.